The van der Waals surface area contributed by atoms with Gasteiger partial charge in [0.2, 0.25) is 0 Å². The fourth-order valence-corrected chi connectivity index (χ4v) is 3.58. The number of nitrogens with zero attached hydrogens (tertiary/aromatic N) is 3. The lowest BCUT2D eigenvalue weighted by Crippen LogP contribution is -2.23. The van der Waals surface area contributed by atoms with Crippen molar-refractivity contribution in [3.05, 3.63) is 76.3 Å². The van der Waals surface area contributed by atoms with E-state index in [1.165, 1.54) is 4.68 Å². The van der Waals surface area contributed by atoms with Gasteiger partial charge in [-0.3, -0.25) is 0 Å². The van der Waals surface area contributed by atoms with Crippen LogP contribution in [0.25, 0.3) is 27.9 Å². The molecule has 0 aliphatic rings. The van der Waals surface area contributed by atoms with Crippen LogP contribution < -0.4 is 10.4 Å². The first-order valence-corrected chi connectivity index (χ1v) is 9.88. The van der Waals surface area contributed by atoms with Crippen molar-refractivity contribution >= 4 is 17.2 Å². The normalized spacial score (nSPS) is 11.3. The van der Waals surface area contributed by atoms with E-state index in [1.807, 2.05) is 54.6 Å². The Kier molecular flexibility index (Phi) is 5.16. The molecule has 0 N–H and O–H groups in total. The van der Waals surface area contributed by atoms with Gasteiger partial charge in [-0.1, -0.05) is 49.7 Å². The Bertz CT molecular complexity index is 1210. The Morgan fingerprint density at radius 3 is 2.28 bits per heavy atom. The number of benzene rings is 2. The molecule has 6 heteroatoms. The van der Waals surface area contributed by atoms with Crippen LogP contribution in [0.4, 0.5) is 0 Å². The molecule has 5 nitrogen and oxygen atoms in total. The summed E-state index contributed by atoms with van der Waals surface area (Å²) in [7, 11) is 1.65. The lowest BCUT2D eigenvalue weighted by molar-refractivity contribution is 0.415. The highest BCUT2D eigenvalue weighted by molar-refractivity contribution is 6.30. The van der Waals surface area contributed by atoms with Crippen molar-refractivity contribution in [3.63, 3.8) is 0 Å². The molecule has 0 saturated carbocycles. The van der Waals surface area contributed by atoms with E-state index < -0.39 is 0 Å². The maximum Gasteiger partial charge on any atom is 0.350 e. The lowest BCUT2D eigenvalue weighted by Gasteiger charge is -2.12. The summed E-state index contributed by atoms with van der Waals surface area (Å²) in [6.45, 7) is 4.71. The quantitative estimate of drug-likeness (QED) is 0.459. The van der Waals surface area contributed by atoms with Crippen molar-refractivity contribution in [1.29, 1.82) is 0 Å². The second-order valence-electron chi connectivity index (χ2n) is 7.39. The summed E-state index contributed by atoms with van der Waals surface area (Å²) >= 11 is 6.11. The van der Waals surface area contributed by atoms with Crippen molar-refractivity contribution in [2.24, 2.45) is 5.92 Å². The Morgan fingerprint density at radius 1 is 1.00 bits per heavy atom. The molecule has 4 rings (SSSR count). The largest absolute Gasteiger partial charge is 0.497 e. The van der Waals surface area contributed by atoms with Crippen LogP contribution in [0.2, 0.25) is 5.02 Å². The van der Waals surface area contributed by atoms with E-state index in [1.54, 1.807) is 17.7 Å². The molecule has 4 aromatic rings. The van der Waals surface area contributed by atoms with E-state index in [0.29, 0.717) is 23.1 Å². The number of hydrogen-bond acceptors (Lipinski definition) is 3. The van der Waals surface area contributed by atoms with Crippen LogP contribution in [0, 0.1) is 5.92 Å². The number of fused-ring (bicyclic) bond motifs is 1. The maximum absolute atomic E-state index is 12.9. The third kappa shape index (κ3) is 3.66. The van der Waals surface area contributed by atoms with Gasteiger partial charge in [0.1, 0.15) is 5.75 Å². The van der Waals surface area contributed by atoms with Crippen molar-refractivity contribution in [2.45, 2.75) is 20.4 Å². The molecule has 148 valence electrons. The smallest absolute Gasteiger partial charge is 0.350 e. The highest BCUT2D eigenvalue weighted by Crippen LogP contribution is 2.35. The summed E-state index contributed by atoms with van der Waals surface area (Å²) in [6.07, 6.45) is 1.79. The molecule has 0 unspecified atom stereocenters. The Hall–Kier alpha value is -3.05. The van der Waals surface area contributed by atoms with Crippen LogP contribution in [0.15, 0.2) is 65.6 Å². The first kappa shape index (κ1) is 19.3. The number of aromatic nitrogens is 3. The van der Waals surface area contributed by atoms with E-state index in [2.05, 4.69) is 18.9 Å². The van der Waals surface area contributed by atoms with Crippen molar-refractivity contribution < 1.29 is 4.74 Å². The number of rotatable bonds is 5. The van der Waals surface area contributed by atoms with Gasteiger partial charge in [0.05, 0.1) is 7.11 Å². The van der Waals surface area contributed by atoms with Gasteiger partial charge < -0.3 is 4.74 Å². The highest BCUT2D eigenvalue weighted by atomic mass is 35.5. The van der Waals surface area contributed by atoms with E-state index in [-0.39, 0.29) is 5.69 Å². The Morgan fingerprint density at radius 2 is 1.66 bits per heavy atom. The molecule has 0 radical (unpaired) electrons. The van der Waals surface area contributed by atoms with Gasteiger partial charge in [0, 0.05) is 23.3 Å². The molecule has 0 atom stereocenters. The van der Waals surface area contributed by atoms with Gasteiger partial charge in [-0.05, 0) is 52.9 Å². The molecule has 2 heterocycles. The number of pyridine rings is 1. The molecule has 0 aliphatic heterocycles. The Balaban J connectivity index is 2.00. The average molecular weight is 408 g/mol. The van der Waals surface area contributed by atoms with Gasteiger partial charge in [-0.2, -0.15) is 0 Å². The predicted molar refractivity (Wildman–Crippen MR) is 117 cm³/mol. The van der Waals surface area contributed by atoms with Crippen LogP contribution in [-0.2, 0) is 6.54 Å². The summed E-state index contributed by atoms with van der Waals surface area (Å²) in [4.78, 5) is 12.9. The predicted octanol–water partition coefficient (Wildman–Crippen LogP) is 5.15. The Labute approximate surface area is 174 Å². The van der Waals surface area contributed by atoms with E-state index in [4.69, 9.17) is 16.3 Å². The fourth-order valence-electron chi connectivity index (χ4n) is 3.46. The number of ether oxygens (including phenoxy) is 1. The maximum atomic E-state index is 12.9. The van der Waals surface area contributed by atoms with E-state index in [9.17, 15) is 4.79 Å². The lowest BCUT2D eigenvalue weighted by atomic mass is 9.96. The van der Waals surface area contributed by atoms with Gasteiger partial charge in [0.25, 0.3) is 0 Å². The standard InChI is InChI=1S/C23H22ClN3O2/c1-15(2)14-27-23(28)26-13-12-20(16-6-10-19(29-3)11-7-16)21(22(26)25-27)17-4-8-18(24)9-5-17/h4-13,15H,14H2,1-3H3. The summed E-state index contributed by atoms with van der Waals surface area (Å²) in [5, 5.41) is 5.34. The highest BCUT2D eigenvalue weighted by Gasteiger charge is 2.18. The minimum atomic E-state index is -0.134. The minimum absolute atomic E-state index is 0.134. The summed E-state index contributed by atoms with van der Waals surface area (Å²) in [5.74, 6) is 1.11. The van der Waals surface area contributed by atoms with Gasteiger partial charge in [-0.15, -0.1) is 5.10 Å². The summed E-state index contributed by atoms with van der Waals surface area (Å²) < 4.78 is 8.43. The first-order valence-electron chi connectivity index (χ1n) is 9.50. The van der Waals surface area contributed by atoms with Crippen LogP contribution in [-0.4, -0.2) is 21.3 Å². The van der Waals surface area contributed by atoms with Crippen LogP contribution in [0.1, 0.15) is 13.8 Å². The molecule has 2 aromatic heterocycles. The molecular weight excluding hydrogens is 386 g/mol. The van der Waals surface area contributed by atoms with Crippen LogP contribution in [0.3, 0.4) is 0 Å². The molecule has 0 spiro atoms. The van der Waals surface area contributed by atoms with E-state index in [0.717, 1.165) is 28.0 Å². The zero-order valence-electron chi connectivity index (χ0n) is 16.6. The molecule has 0 aliphatic carbocycles. The minimum Gasteiger partial charge on any atom is -0.497 e. The van der Waals surface area contributed by atoms with Crippen molar-refractivity contribution in [3.8, 4) is 28.0 Å². The fraction of sp³-hybridized carbons (Fsp3) is 0.217. The zero-order chi connectivity index (χ0) is 20.5. The van der Waals surface area contributed by atoms with E-state index >= 15 is 0 Å². The molecule has 0 bridgehead atoms. The third-order valence-corrected chi connectivity index (χ3v) is 5.08. The van der Waals surface area contributed by atoms with Crippen molar-refractivity contribution in [2.75, 3.05) is 7.11 Å². The molecule has 0 fully saturated rings. The monoisotopic (exact) mass is 407 g/mol. The second-order valence-corrected chi connectivity index (χ2v) is 7.83. The van der Waals surface area contributed by atoms with Crippen LogP contribution >= 0.6 is 11.6 Å². The number of methoxy groups -OCH3 is 1. The van der Waals surface area contributed by atoms with Crippen molar-refractivity contribution in [1.82, 2.24) is 14.2 Å². The molecule has 29 heavy (non-hydrogen) atoms. The molecule has 0 saturated heterocycles. The van der Waals surface area contributed by atoms with Crippen LogP contribution in [0.5, 0.6) is 5.75 Å². The zero-order valence-corrected chi connectivity index (χ0v) is 17.3. The average Bonchev–Trinajstić information content (AvgIpc) is 3.03. The topological polar surface area (TPSA) is 48.5 Å². The molecule has 0 amide bonds. The van der Waals surface area contributed by atoms with Gasteiger partial charge in [0.15, 0.2) is 5.65 Å². The number of halogens is 1. The number of hydrogen-bond donors (Lipinski definition) is 0. The third-order valence-electron chi connectivity index (χ3n) is 4.83. The summed E-state index contributed by atoms with van der Waals surface area (Å²) in [5.41, 5.74) is 4.35. The molecular formula is C23H22ClN3O2. The van der Waals surface area contributed by atoms with Gasteiger partial charge >= 0.3 is 5.69 Å². The SMILES string of the molecule is COc1ccc(-c2ccn3c(=O)n(CC(C)C)nc3c2-c2ccc(Cl)cc2)cc1. The molecule has 2 aromatic carbocycles. The first-order chi connectivity index (χ1) is 14.0. The summed E-state index contributed by atoms with van der Waals surface area (Å²) in [6, 6.07) is 17.4. The second kappa shape index (κ2) is 7.76. The van der Waals surface area contributed by atoms with Gasteiger partial charge in [-0.25, -0.2) is 13.9 Å².